The number of hydroxylamine groups is 2. The van der Waals surface area contributed by atoms with Crippen molar-refractivity contribution in [3.05, 3.63) is 24.4 Å². The highest BCUT2D eigenvalue weighted by Crippen LogP contribution is 2.28. The normalized spacial score (nSPS) is 19.3. The Morgan fingerprint density at radius 2 is 1.94 bits per heavy atom. The number of rotatable bonds is 14. The number of hydrogen-bond donors (Lipinski definition) is 2. The highest BCUT2D eigenvalue weighted by molar-refractivity contribution is 5.97. The van der Waals surface area contributed by atoms with Crippen LogP contribution in [0.25, 0.3) is 0 Å². The van der Waals surface area contributed by atoms with Gasteiger partial charge in [0.15, 0.2) is 6.29 Å². The lowest BCUT2D eigenvalue weighted by Gasteiger charge is -2.39. The SMILES string of the molecule is CC[C@H](C)[C@H](NC(=O)[C@@H](CC(C)C)[C@H](C(C)C)N(C=O)OC1CCCCO1)C(=O)Nc1ccccn1. The molecule has 1 aromatic heterocycles. The summed E-state index contributed by atoms with van der Waals surface area (Å²) in [5.74, 6) is -0.735. The lowest BCUT2D eigenvalue weighted by Crippen LogP contribution is -2.55. The van der Waals surface area contributed by atoms with Crippen molar-refractivity contribution in [2.75, 3.05) is 11.9 Å². The summed E-state index contributed by atoms with van der Waals surface area (Å²) in [5, 5.41) is 7.08. The van der Waals surface area contributed by atoms with Crippen molar-refractivity contribution in [2.24, 2.45) is 23.7 Å². The van der Waals surface area contributed by atoms with Gasteiger partial charge in [0, 0.05) is 19.2 Å². The van der Waals surface area contributed by atoms with Crippen molar-refractivity contribution in [2.45, 2.75) is 92.0 Å². The third-order valence-electron chi connectivity index (χ3n) is 6.64. The molecule has 1 aromatic rings. The minimum atomic E-state index is -0.751. The molecular formula is C27H44N4O5. The van der Waals surface area contributed by atoms with Gasteiger partial charge in [0.2, 0.25) is 18.2 Å². The zero-order valence-electron chi connectivity index (χ0n) is 22.6. The van der Waals surface area contributed by atoms with E-state index in [0.29, 0.717) is 38.1 Å². The zero-order chi connectivity index (χ0) is 26.7. The van der Waals surface area contributed by atoms with Crippen molar-refractivity contribution in [3.63, 3.8) is 0 Å². The Kier molecular flexibility index (Phi) is 12.3. The first-order valence-electron chi connectivity index (χ1n) is 13.2. The van der Waals surface area contributed by atoms with Crippen LogP contribution in [0, 0.1) is 23.7 Å². The molecule has 1 saturated heterocycles. The predicted molar refractivity (Wildman–Crippen MR) is 138 cm³/mol. The molecule has 1 aliphatic heterocycles. The summed E-state index contributed by atoms with van der Waals surface area (Å²) in [6.45, 7) is 12.5. The number of carbonyl (C=O) groups is 3. The van der Waals surface area contributed by atoms with Crippen molar-refractivity contribution in [1.82, 2.24) is 15.4 Å². The van der Waals surface area contributed by atoms with E-state index in [9.17, 15) is 14.4 Å². The Morgan fingerprint density at radius 3 is 2.47 bits per heavy atom. The smallest absolute Gasteiger partial charge is 0.248 e. The molecule has 0 radical (unpaired) electrons. The van der Waals surface area contributed by atoms with Crippen molar-refractivity contribution in [1.29, 1.82) is 0 Å². The Balaban J connectivity index is 2.27. The Bertz CT molecular complexity index is 814. The van der Waals surface area contributed by atoms with Gasteiger partial charge in [-0.05, 0) is 49.1 Å². The van der Waals surface area contributed by atoms with Crippen molar-refractivity contribution < 1.29 is 24.0 Å². The van der Waals surface area contributed by atoms with Crippen LogP contribution in [-0.4, -0.2) is 53.3 Å². The molecule has 5 atom stereocenters. The summed E-state index contributed by atoms with van der Waals surface area (Å²) < 4.78 is 5.68. The van der Waals surface area contributed by atoms with Gasteiger partial charge in [-0.1, -0.05) is 54.0 Å². The van der Waals surface area contributed by atoms with Crippen LogP contribution in [-0.2, 0) is 24.0 Å². The lowest BCUT2D eigenvalue weighted by atomic mass is 9.83. The number of pyridine rings is 1. The molecule has 0 saturated carbocycles. The van der Waals surface area contributed by atoms with Crippen LogP contribution in [0.15, 0.2) is 24.4 Å². The van der Waals surface area contributed by atoms with Crippen LogP contribution >= 0.6 is 0 Å². The Labute approximate surface area is 215 Å². The molecule has 2 N–H and O–H groups in total. The van der Waals surface area contributed by atoms with Crippen LogP contribution in [0.2, 0.25) is 0 Å². The van der Waals surface area contributed by atoms with E-state index in [1.165, 1.54) is 5.06 Å². The topological polar surface area (TPSA) is 110 Å². The Morgan fingerprint density at radius 1 is 1.19 bits per heavy atom. The summed E-state index contributed by atoms with van der Waals surface area (Å²) in [6, 6.07) is 3.99. The predicted octanol–water partition coefficient (Wildman–Crippen LogP) is 4.15. The van der Waals surface area contributed by atoms with E-state index in [2.05, 4.69) is 15.6 Å². The molecule has 9 heteroatoms. The van der Waals surface area contributed by atoms with Gasteiger partial charge >= 0.3 is 0 Å². The molecule has 1 aliphatic rings. The second-order valence-electron chi connectivity index (χ2n) is 10.4. The van der Waals surface area contributed by atoms with E-state index in [4.69, 9.17) is 9.57 Å². The highest BCUT2D eigenvalue weighted by Gasteiger charge is 2.39. The molecule has 0 bridgehead atoms. The number of nitrogens with zero attached hydrogens (tertiary/aromatic N) is 2. The summed E-state index contributed by atoms with van der Waals surface area (Å²) in [6.07, 6.45) is 5.58. The maximum Gasteiger partial charge on any atom is 0.248 e. The number of nitrogens with one attached hydrogen (secondary N) is 2. The van der Waals surface area contributed by atoms with Gasteiger partial charge in [0.25, 0.3) is 0 Å². The van der Waals surface area contributed by atoms with Gasteiger partial charge in [-0.3, -0.25) is 14.4 Å². The molecule has 2 heterocycles. The molecule has 1 fully saturated rings. The monoisotopic (exact) mass is 504 g/mol. The molecule has 2 rings (SSSR count). The summed E-state index contributed by atoms with van der Waals surface area (Å²) in [5.41, 5.74) is 0. The van der Waals surface area contributed by atoms with E-state index < -0.39 is 24.3 Å². The van der Waals surface area contributed by atoms with Crippen molar-refractivity contribution in [3.8, 4) is 0 Å². The second kappa shape index (κ2) is 14.9. The molecule has 1 unspecified atom stereocenters. The van der Waals surface area contributed by atoms with Gasteiger partial charge in [-0.2, -0.15) is 0 Å². The fourth-order valence-electron chi connectivity index (χ4n) is 4.54. The van der Waals surface area contributed by atoms with Gasteiger partial charge in [0.05, 0.1) is 12.0 Å². The average molecular weight is 505 g/mol. The summed E-state index contributed by atoms with van der Waals surface area (Å²) in [7, 11) is 0. The zero-order valence-corrected chi connectivity index (χ0v) is 22.6. The van der Waals surface area contributed by atoms with E-state index in [-0.39, 0.29) is 29.6 Å². The van der Waals surface area contributed by atoms with Crippen LogP contribution in [0.3, 0.4) is 0 Å². The lowest BCUT2D eigenvalue weighted by molar-refractivity contribution is -0.293. The number of ether oxygens (including phenoxy) is 1. The first-order valence-corrected chi connectivity index (χ1v) is 13.2. The maximum absolute atomic E-state index is 13.8. The first kappa shape index (κ1) is 29.7. The number of hydrogen-bond acceptors (Lipinski definition) is 6. The van der Waals surface area contributed by atoms with Gasteiger partial charge in [-0.25, -0.2) is 14.9 Å². The molecule has 36 heavy (non-hydrogen) atoms. The minimum Gasteiger partial charge on any atom is -0.350 e. The maximum atomic E-state index is 13.8. The third-order valence-corrected chi connectivity index (χ3v) is 6.64. The molecule has 3 amide bonds. The van der Waals surface area contributed by atoms with Crippen LogP contribution in [0.4, 0.5) is 5.82 Å². The van der Waals surface area contributed by atoms with E-state index in [1.807, 2.05) is 41.5 Å². The molecule has 0 aromatic carbocycles. The molecular weight excluding hydrogens is 460 g/mol. The average Bonchev–Trinajstić information content (AvgIpc) is 2.86. The second-order valence-corrected chi connectivity index (χ2v) is 10.4. The highest BCUT2D eigenvalue weighted by atomic mass is 16.8. The minimum absolute atomic E-state index is 0.0716. The summed E-state index contributed by atoms with van der Waals surface area (Å²) >= 11 is 0. The number of amides is 3. The van der Waals surface area contributed by atoms with E-state index >= 15 is 0 Å². The molecule has 9 nitrogen and oxygen atoms in total. The van der Waals surface area contributed by atoms with Crippen LogP contribution in [0.5, 0.6) is 0 Å². The van der Waals surface area contributed by atoms with Crippen molar-refractivity contribution >= 4 is 24.0 Å². The van der Waals surface area contributed by atoms with E-state index in [0.717, 1.165) is 12.8 Å². The van der Waals surface area contributed by atoms with Gasteiger partial charge in [-0.15, -0.1) is 0 Å². The van der Waals surface area contributed by atoms with Crippen LogP contribution in [0.1, 0.15) is 73.6 Å². The summed E-state index contributed by atoms with van der Waals surface area (Å²) in [4.78, 5) is 49.2. The standard InChI is InChI=1S/C27H44N4O5/c1-7-20(6)24(27(34)29-22-12-8-10-14-28-22)30-26(33)21(16-18(2)3)25(19(4)5)31(17-32)36-23-13-9-11-15-35-23/h8,10,12,14,17-21,23-25H,7,9,11,13,15-16H2,1-6H3,(H,30,33)(H,28,29,34)/t20-,21-,23?,24-,25-/m0/s1. The number of anilines is 1. The van der Waals surface area contributed by atoms with E-state index in [1.54, 1.807) is 24.4 Å². The van der Waals surface area contributed by atoms with Gasteiger partial charge < -0.3 is 15.4 Å². The molecule has 202 valence electrons. The fraction of sp³-hybridized carbons (Fsp3) is 0.704. The molecule has 0 aliphatic carbocycles. The number of aromatic nitrogens is 1. The fourth-order valence-corrected chi connectivity index (χ4v) is 4.54. The molecule has 0 spiro atoms. The quantitative estimate of drug-likeness (QED) is 0.291. The Hall–Kier alpha value is -2.52. The number of carbonyl (C=O) groups excluding carboxylic acids is 3. The third kappa shape index (κ3) is 8.85. The largest absolute Gasteiger partial charge is 0.350 e. The first-order chi connectivity index (χ1) is 17.2. The van der Waals surface area contributed by atoms with Crippen LogP contribution < -0.4 is 10.6 Å². The van der Waals surface area contributed by atoms with Gasteiger partial charge in [0.1, 0.15) is 11.9 Å².